The summed E-state index contributed by atoms with van der Waals surface area (Å²) >= 11 is 6.07. The van der Waals surface area contributed by atoms with Crippen LogP contribution in [0.2, 0.25) is 5.15 Å². The molecule has 148 valence electrons. The largest absolute Gasteiger partial charge is 0.335 e. The highest BCUT2D eigenvalue weighted by molar-refractivity contribution is 6.29. The summed E-state index contributed by atoms with van der Waals surface area (Å²) in [5.41, 5.74) is 3.46. The molecule has 2 N–H and O–H groups in total. The van der Waals surface area contributed by atoms with Crippen LogP contribution in [-0.4, -0.2) is 53.2 Å². The topological polar surface area (TPSA) is 99.9 Å². The number of fused-ring (bicyclic) bond motifs is 1. The van der Waals surface area contributed by atoms with Crippen molar-refractivity contribution in [1.82, 2.24) is 39.9 Å². The molecule has 9 nitrogen and oxygen atoms in total. The molecule has 1 aliphatic heterocycles. The van der Waals surface area contributed by atoms with Crippen molar-refractivity contribution in [3.8, 4) is 11.4 Å². The lowest BCUT2D eigenvalue weighted by Gasteiger charge is -2.43. The Labute approximate surface area is 172 Å². The van der Waals surface area contributed by atoms with E-state index < -0.39 is 0 Å². The Balaban J connectivity index is 1.52. The minimum absolute atomic E-state index is 0.130. The molecule has 3 unspecified atom stereocenters. The van der Waals surface area contributed by atoms with Gasteiger partial charge in [0.2, 0.25) is 5.95 Å². The molecular weight excluding hydrogens is 390 g/mol. The fourth-order valence-electron chi connectivity index (χ4n) is 3.89. The molecule has 0 radical (unpaired) electrons. The second-order valence-corrected chi connectivity index (χ2v) is 7.68. The van der Waals surface area contributed by atoms with Crippen LogP contribution in [-0.2, 0) is 0 Å². The van der Waals surface area contributed by atoms with E-state index in [0.717, 1.165) is 23.5 Å². The molecule has 0 amide bonds. The highest BCUT2D eigenvalue weighted by Gasteiger charge is 2.34. The van der Waals surface area contributed by atoms with Crippen LogP contribution >= 0.6 is 11.6 Å². The van der Waals surface area contributed by atoms with Crippen LogP contribution in [0.25, 0.3) is 17.0 Å². The zero-order valence-corrected chi connectivity index (χ0v) is 16.7. The highest BCUT2D eigenvalue weighted by Crippen LogP contribution is 2.29. The van der Waals surface area contributed by atoms with Crippen molar-refractivity contribution >= 4 is 23.2 Å². The van der Waals surface area contributed by atoms with E-state index in [1.54, 1.807) is 24.8 Å². The SMILES string of the molecule is CC1CN(c2nccc(-c3cnc4cnc(Cl)cn34)n2)C(C)C(c2cn[nH]c2)N1. The van der Waals surface area contributed by atoms with E-state index in [1.807, 2.05) is 22.9 Å². The Morgan fingerprint density at radius 2 is 2.03 bits per heavy atom. The number of hydrogen-bond donors (Lipinski definition) is 2. The maximum Gasteiger partial charge on any atom is 0.226 e. The number of anilines is 1. The molecule has 29 heavy (non-hydrogen) atoms. The van der Waals surface area contributed by atoms with Gasteiger partial charge in [0.05, 0.1) is 36.0 Å². The van der Waals surface area contributed by atoms with Gasteiger partial charge in [0.15, 0.2) is 5.65 Å². The first kappa shape index (κ1) is 18.0. The highest BCUT2D eigenvalue weighted by atomic mass is 35.5. The third-order valence-electron chi connectivity index (χ3n) is 5.31. The van der Waals surface area contributed by atoms with Gasteiger partial charge in [0.25, 0.3) is 0 Å². The fourth-order valence-corrected chi connectivity index (χ4v) is 4.04. The number of rotatable bonds is 3. The van der Waals surface area contributed by atoms with Crippen molar-refractivity contribution in [2.24, 2.45) is 0 Å². The fraction of sp³-hybridized carbons (Fsp3) is 0.316. The second kappa shape index (κ2) is 7.09. The van der Waals surface area contributed by atoms with Gasteiger partial charge in [0, 0.05) is 42.8 Å². The first-order valence-electron chi connectivity index (χ1n) is 9.43. The van der Waals surface area contributed by atoms with Crippen LogP contribution in [0.1, 0.15) is 25.5 Å². The Bertz CT molecular complexity index is 1140. The van der Waals surface area contributed by atoms with Gasteiger partial charge in [-0.1, -0.05) is 11.6 Å². The van der Waals surface area contributed by atoms with Gasteiger partial charge >= 0.3 is 0 Å². The van der Waals surface area contributed by atoms with Gasteiger partial charge in [-0.05, 0) is 19.9 Å². The van der Waals surface area contributed by atoms with Crippen molar-refractivity contribution in [3.63, 3.8) is 0 Å². The molecule has 0 aliphatic carbocycles. The molecule has 10 heteroatoms. The van der Waals surface area contributed by atoms with Gasteiger partial charge in [-0.3, -0.25) is 9.50 Å². The van der Waals surface area contributed by atoms with Crippen molar-refractivity contribution in [3.05, 3.63) is 54.0 Å². The van der Waals surface area contributed by atoms with E-state index in [-0.39, 0.29) is 18.1 Å². The summed E-state index contributed by atoms with van der Waals surface area (Å²) in [6, 6.07) is 2.44. The Morgan fingerprint density at radius 1 is 1.14 bits per heavy atom. The molecule has 0 aromatic carbocycles. The van der Waals surface area contributed by atoms with Crippen molar-refractivity contribution < 1.29 is 0 Å². The average Bonchev–Trinajstić information content (AvgIpc) is 3.39. The van der Waals surface area contributed by atoms with Gasteiger partial charge in [-0.2, -0.15) is 5.10 Å². The van der Waals surface area contributed by atoms with E-state index in [2.05, 4.69) is 49.2 Å². The molecule has 1 saturated heterocycles. The number of imidazole rings is 1. The van der Waals surface area contributed by atoms with E-state index >= 15 is 0 Å². The molecule has 3 atom stereocenters. The molecule has 5 heterocycles. The Kier molecular flexibility index (Phi) is 4.40. The van der Waals surface area contributed by atoms with Crippen LogP contribution in [0.15, 0.2) is 43.2 Å². The first-order valence-corrected chi connectivity index (χ1v) is 9.81. The van der Waals surface area contributed by atoms with Gasteiger partial charge in [0.1, 0.15) is 5.15 Å². The van der Waals surface area contributed by atoms with Crippen LogP contribution in [0.5, 0.6) is 0 Å². The third kappa shape index (κ3) is 3.22. The molecule has 5 rings (SSSR count). The van der Waals surface area contributed by atoms with E-state index in [1.165, 1.54) is 0 Å². The van der Waals surface area contributed by atoms with Crippen molar-refractivity contribution in [2.75, 3.05) is 11.4 Å². The Morgan fingerprint density at radius 3 is 2.86 bits per heavy atom. The molecule has 0 bridgehead atoms. The quantitative estimate of drug-likeness (QED) is 0.536. The van der Waals surface area contributed by atoms with Gasteiger partial charge < -0.3 is 10.2 Å². The third-order valence-corrected chi connectivity index (χ3v) is 5.51. The second-order valence-electron chi connectivity index (χ2n) is 7.29. The first-order chi connectivity index (χ1) is 14.1. The summed E-state index contributed by atoms with van der Waals surface area (Å²) in [4.78, 5) is 20.1. The van der Waals surface area contributed by atoms with Crippen LogP contribution in [0.4, 0.5) is 5.95 Å². The molecule has 0 saturated carbocycles. The number of nitrogens with one attached hydrogen (secondary N) is 2. The number of halogens is 1. The lowest BCUT2D eigenvalue weighted by molar-refractivity contribution is 0.331. The number of hydrogen-bond acceptors (Lipinski definition) is 7. The normalized spacial score (nSPS) is 22.3. The molecule has 0 spiro atoms. The smallest absolute Gasteiger partial charge is 0.226 e. The zero-order valence-electron chi connectivity index (χ0n) is 16.0. The summed E-state index contributed by atoms with van der Waals surface area (Å²) in [6.07, 6.45) is 10.7. The molecular formula is C19H20ClN9. The number of H-pyrrole nitrogens is 1. The zero-order chi connectivity index (χ0) is 20.0. The van der Waals surface area contributed by atoms with E-state index in [0.29, 0.717) is 16.7 Å². The number of aromatic nitrogens is 7. The summed E-state index contributed by atoms with van der Waals surface area (Å²) in [7, 11) is 0. The minimum Gasteiger partial charge on any atom is -0.335 e. The molecule has 1 aliphatic rings. The van der Waals surface area contributed by atoms with Crippen LogP contribution in [0.3, 0.4) is 0 Å². The predicted octanol–water partition coefficient (Wildman–Crippen LogP) is 2.49. The monoisotopic (exact) mass is 409 g/mol. The summed E-state index contributed by atoms with van der Waals surface area (Å²) in [6.45, 7) is 5.14. The van der Waals surface area contributed by atoms with E-state index in [9.17, 15) is 0 Å². The van der Waals surface area contributed by atoms with Crippen molar-refractivity contribution in [2.45, 2.75) is 32.0 Å². The molecule has 1 fully saturated rings. The lowest BCUT2D eigenvalue weighted by Crippen LogP contribution is -2.56. The molecule has 4 aromatic rings. The predicted molar refractivity (Wildman–Crippen MR) is 110 cm³/mol. The number of aromatic amines is 1. The average molecular weight is 410 g/mol. The maximum absolute atomic E-state index is 6.07. The number of piperazine rings is 1. The summed E-state index contributed by atoms with van der Waals surface area (Å²) in [5.74, 6) is 0.687. The maximum atomic E-state index is 6.07. The van der Waals surface area contributed by atoms with E-state index in [4.69, 9.17) is 16.6 Å². The summed E-state index contributed by atoms with van der Waals surface area (Å²) in [5, 5.41) is 11.0. The minimum atomic E-state index is 0.130. The van der Waals surface area contributed by atoms with Crippen LogP contribution < -0.4 is 10.2 Å². The summed E-state index contributed by atoms with van der Waals surface area (Å²) < 4.78 is 1.89. The standard InChI is InChI=1S/C19H20ClN9/c1-11-9-28(12(2)18(26-11)13-5-24-25-6-13)19-21-4-3-14(27-19)15-7-23-17-8-22-16(20)10-29(15)17/h3-8,10-12,18,26H,9H2,1-2H3,(H,24,25). The Hall–Kier alpha value is -3.04. The molecule has 4 aromatic heterocycles. The number of nitrogens with zero attached hydrogens (tertiary/aromatic N) is 7. The van der Waals surface area contributed by atoms with Crippen molar-refractivity contribution in [1.29, 1.82) is 0 Å². The van der Waals surface area contributed by atoms with Gasteiger partial charge in [-0.15, -0.1) is 0 Å². The van der Waals surface area contributed by atoms with Gasteiger partial charge in [-0.25, -0.2) is 19.9 Å². The van der Waals surface area contributed by atoms with Crippen LogP contribution in [0, 0.1) is 0 Å². The lowest BCUT2D eigenvalue weighted by atomic mass is 9.97.